The van der Waals surface area contributed by atoms with Crippen molar-refractivity contribution >= 4 is 39.9 Å². The summed E-state index contributed by atoms with van der Waals surface area (Å²) in [6.07, 6.45) is 1.94. The van der Waals surface area contributed by atoms with Gasteiger partial charge in [-0.25, -0.2) is 4.39 Å². The van der Waals surface area contributed by atoms with E-state index in [0.717, 1.165) is 38.2 Å². The van der Waals surface area contributed by atoms with Crippen LogP contribution in [0.25, 0.3) is 10.8 Å². The van der Waals surface area contributed by atoms with Crippen molar-refractivity contribution < 1.29 is 14.3 Å². The van der Waals surface area contributed by atoms with Crippen molar-refractivity contribution in [3.63, 3.8) is 0 Å². The molecular weight excluding hydrogens is 337 g/mol. The number of benzene rings is 3. The number of rotatable bonds is 5. The second-order valence-corrected chi connectivity index (χ2v) is 6.70. The summed E-state index contributed by atoms with van der Waals surface area (Å²) in [5.41, 5.74) is 3.15. The molecule has 0 bridgehead atoms. The summed E-state index contributed by atoms with van der Waals surface area (Å²) >= 11 is 1.66. The van der Waals surface area contributed by atoms with Crippen LogP contribution in [0.1, 0.15) is 11.1 Å². The molecule has 0 radical (unpaired) electrons. The summed E-state index contributed by atoms with van der Waals surface area (Å²) in [4.78, 5) is 12.3. The Morgan fingerprint density at radius 1 is 1.16 bits per heavy atom. The highest BCUT2D eigenvalue weighted by molar-refractivity contribution is 7.98. The topological polar surface area (TPSA) is 49.3 Å². The number of fused-ring (bicyclic) bond motifs is 1. The fraction of sp³-hybridized carbons (Fsp3) is 0.150. The number of carboxylic acid groups (broad SMARTS) is 1. The highest BCUT2D eigenvalue weighted by Gasteiger charge is 2.13. The fourth-order valence-electron chi connectivity index (χ4n) is 2.86. The third-order valence-electron chi connectivity index (χ3n) is 4.17. The summed E-state index contributed by atoms with van der Waals surface area (Å²) in [6, 6.07) is 14.3. The molecule has 3 nitrogen and oxygen atoms in total. The van der Waals surface area contributed by atoms with Gasteiger partial charge in [-0.3, -0.25) is 4.79 Å². The predicted octanol–water partition coefficient (Wildman–Crippen LogP) is 5.38. The molecule has 25 heavy (non-hydrogen) atoms. The maximum atomic E-state index is 13.8. The average Bonchev–Trinajstić information content (AvgIpc) is 2.59. The van der Waals surface area contributed by atoms with Crippen molar-refractivity contribution in [2.45, 2.75) is 18.2 Å². The van der Waals surface area contributed by atoms with E-state index in [2.05, 4.69) is 5.32 Å². The molecule has 0 heterocycles. The van der Waals surface area contributed by atoms with Crippen molar-refractivity contribution in [2.75, 3.05) is 11.6 Å². The normalized spacial score (nSPS) is 10.8. The minimum absolute atomic E-state index is 0.0702. The minimum atomic E-state index is -0.889. The van der Waals surface area contributed by atoms with Crippen LogP contribution in [0.4, 0.5) is 15.8 Å². The highest BCUT2D eigenvalue weighted by Crippen LogP contribution is 2.34. The number of thioether (sulfide) groups is 1. The summed E-state index contributed by atoms with van der Waals surface area (Å²) in [5.74, 6) is -1.21. The Hall–Kier alpha value is -2.53. The number of aliphatic carboxylic acids is 1. The standard InChI is InChI=1S/C20H18FNO2S/c1-12-14(10-19(23)24)9-13-3-4-15(21)11-18(13)20(12)22-16-5-7-17(25-2)8-6-16/h3-9,11,22H,10H2,1-2H3,(H,23,24). The van der Waals surface area contributed by atoms with Crippen molar-refractivity contribution in [2.24, 2.45) is 0 Å². The molecule has 0 fully saturated rings. The number of carboxylic acids is 1. The van der Waals surface area contributed by atoms with Crippen LogP contribution in [0.15, 0.2) is 53.4 Å². The van der Waals surface area contributed by atoms with Gasteiger partial charge >= 0.3 is 5.97 Å². The van der Waals surface area contributed by atoms with E-state index in [9.17, 15) is 9.18 Å². The molecule has 0 spiro atoms. The number of nitrogens with one attached hydrogen (secondary N) is 1. The van der Waals surface area contributed by atoms with Crippen molar-refractivity contribution in [3.8, 4) is 0 Å². The second-order valence-electron chi connectivity index (χ2n) is 5.83. The van der Waals surface area contributed by atoms with Crippen LogP contribution in [-0.4, -0.2) is 17.3 Å². The van der Waals surface area contributed by atoms with Gasteiger partial charge in [0.2, 0.25) is 0 Å². The number of carbonyl (C=O) groups is 1. The molecule has 2 N–H and O–H groups in total. The van der Waals surface area contributed by atoms with Crippen LogP contribution in [0.3, 0.4) is 0 Å². The first kappa shape index (κ1) is 17.3. The van der Waals surface area contributed by atoms with E-state index in [1.54, 1.807) is 17.8 Å². The first-order chi connectivity index (χ1) is 12.0. The van der Waals surface area contributed by atoms with Gasteiger partial charge in [0.05, 0.1) is 6.42 Å². The van der Waals surface area contributed by atoms with E-state index >= 15 is 0 Å². The molecule has 3 aromatic carbocycles. The van der Waals surface area contributed by atoms with Crippen molar-refractivity contribution in [3.05, 3.63) is 65.5 Å². The van der Waals surface area contributed by atoms with Crippen LogP contribution in [0, 0.1) is 12.7 Å². The van der Waals surface area contributed by atoms with Gasteiger partial charge in [-0.2, -0.15) is 0 Å². The first-order valence-electron chi connectivity index (χ1n) is 7.82. The number of halogens is 1. The number of hydrogen-bond donors (Lipinski definition) is 2. The molecule has 0 aromatic heterocycles. The molecule has 128 valence electrons. The Kier molecular flexibility index (Phi) is 4.95. The number of anilines is 2. The Morgan fingerprint density at radius 2 is 1.88 bits per heavy atom. The van der Waals surface area contributed by atoms with Crippen molar-refractivity contribution in [1.29, 1.82) is 0 Å². The van der Waals surface area contributed by atoms with Gasteiger partial charge < -0.3 is 10.4 Å². The lowest BCUT2D eigenvalue weighted by molar-refractivity contribution is -0.136. The summed E-state index contributed by atoms with van der Waals surface area (Å²) in [6.45, 7) is 1.86. The van der Waals surface area contributed by atoms with Gasteiger partial charge in [0.1, 0.15) is 5.82 Å². The Balaban J connectivity index is 2.13. The molecule has 0 amide bonds. The molecule has 3 aromatic rings. The van der Waals surface area contributed by atoms with E-state index < -0.39 is 5.97 Å². The van der Waals surface area contributed by atoms with Crippen LogP contribution in [0.5, 0.6) is 0 Å². The van der Waals surface area contributed by atoms with E-state index in [1.807, 2.05) is 43.5 Å². The molecule has 0 aliphatic rings. The van der Waals surface area contributed by atoms with Crippen LogP contribution in [-0.2, 0) is 11.2 Å². The summed E-state index contributed by atoms with van der Waals surface area (Å²) in [5, 5.41) is 14.0. The lowest BCUT2D eigenvalue weighted by atomic mass is 9.96. The Morgan fingerprint density at radius 3 is 2.52 bits per heavy atom. The third kappa shape index (κ3) is 3.77. The van der Waals surface area contributed by atoms with E-state index in [0.29, 0.717) is 0 Å². The minimum Gasteiger partial charge on any atom is -0.481 e. The van der Waals surface area contributed by atoms with Crippen LogP contribution >= 0.6 is 11.8 Å². The molecule has 0 atom stereocenters. The third-order valence-corrected chi connectivity index (χ3v) is 4.92. The molecule has 0 aliphatic heterocycles. The number of hydrogen-bond acceptors (Lipinski definition) is 3. The summed E-state index contributed by atoms with van der Waals surface area (Å²) in [7, 11) is 0. The maximum Gasteiger partial charge on any atom is 0.307 e. The van der Waals surface area contributed by atoms with Gasteiger partial charge in [0.15, 0.2) is 0 Å². The largest absolute Gasteiger partial charge is 0.481 e. The van der Waals surface area contributed by atoms with Gasteiger partial charge in [0.25, 0.3) is 0 Å². The maximum absolute atomic E-state index is 13.8. The zero-order chi connectivity index (χ0) is 18.0. The zero-order valence-electron chi connectivity index (χ0n) is 14.0. The second kappa shape index (κ2) is 7.15. The quantitative estimate of drug-likeness (QED) is 0.603. The Bertz CT molecular complexity index is 939. The van der Waals surface area contributed by atoms with E-state index in [1.165, 1.54) is 12.1 Å². The monoisotopic (exact) mass is 355 g/mol. The van der Waals surface area contributed by atoms with Gasteiger partial charge in [-0.15, -0.1) is 11.8 Å². The molecule has 5 heteroatoms. The van der Waals surface area contributed by atoms with Crippen molar-refractivity contribution in [1.82, 2.24) is 0 Å². The summed E-state index contributed by atoms with van der Waals surface area (Å²) < 4.78 is 13.8. The van der Waals surface area contributed by atoms with Gasteiger partial charge in [0, 0.05) is 21.7 Å². The SMILES string of the molecule is CSc1ccc(Nc2c(C)c(CC(=O)O)cc3ccc(F)cc23)cc1. The smallest absolute Gasteiger partial charge is 0.307 e. The highest BCUT2D eigenvalue weighted by atomic mass is 32.2. The molecule has 3 rings (SSSR count). The Labute approximate surface area is 149 Å². The molecule has 0 aliphatic carbocycles. The van der Waals surface area contributed by atoms with E-state index in [-0.39, 0.29) is 12.2 Å². The predicted molar refractivity (Wildman–Crippen MR) is 101 cm³/mol. The molecule has 0 saturated carbocycles. The van der Waals surface area contributed by atoms with E-state index in [4.69, 9.17) is 5.11 Å². The lowest BCUT2D eigenvalue weighted by Crippen LogP contribution is -2.05. The van der Waals surface area contributed by atoms with Gasteiger partial charge in [-0.1, -0.05) is 12.1 Å². The fourth-order valence-corrected chi connectivity index (χ4v) is 3.26. The first-order valence-corrected chi connectivity index (χ1v) is 9.05. The van der Waals surface area contributed by atoms with Gasteiger partial charge in [-0.05, 0) is 66.1 Å². The lowest BCUT2D eigenvalue weighted by Gasteiger charge is -2.17. The zero-order valence-corrected chi connectivity index (χ0v) is 14.8. The van der Waals surface area contributed by atoms with Crippen LogP contribution in [0.2, 0.25) is 0 Å². The molecular formula is C20H18FNO2S. The average molecular weight is 355 g/mol. The molecule has 0 saturated heterocycles. The molecule has 0 unspecified atom stereocenters. The van der Waals surface area contributed by atoms with Crippen LogP contribution < -0.4 is 5.32 Å².